The van der Waals surface area contributed by atoms with Crippen LogP contribution in [0.4, 0.5) is 5.69 Å². The Morgan fingerprint density at radius 3 is 2.19 bits per heavy atom. The standard InChI is InChI=1S/C18H20ClN3O4S/c1-3-20-17(23)12(2)21-18(24)13-4-10-16(11-5-13)27(25,26)22-15-8-6-14(19)7-9-15/h4-12,22H,3H2,1-2H3,(H,20,23)(H,21,24)/t12-/m0/s1. The molecule has 1 atom stereocenters. The molecule has 0 saturated carbocycles. The molecular weight excluding hydrogens is 390 g/mol. The molecule has 0 aromatic heterocycles. The lowest BCUT2D eigenvalue weighted by molar-refractivity contribution is -0.122. The summed E-state index contributed by atoms with van der Waals surface area (Å²) < 4.78 is 27.2. The molecule has 27 heavy (non-hydrogen) atoms. The average molecular weight is 410 g/mol. The smallest absolute Gasteiger partial charge is 0.261 e. The third-order valence-electron chi connectivity index (χ3n) is 3.62. The summed E-state index contributed by atoms with van der Waals surface area (Å²) in [6.45, 7) is 3.81. The molecule has 144 valence electrons. The largest absolute Gasteiger partial charge is 0.355 e. The highest BCUT2D eigenvalue weighted by atomic mass is 35.5. The van der Waals surface area contributed by atoms with Gasteiger partial charge in [0, 0.05) is 22.8 Å². The number of sulfonamides is 1. The van der Waals surface area contributed by atoms with E-state index >= 15 is 0 Å². The Morgan fingerprint density at radius 2 is 1.63 bits per heavy atom. The number of carbonyl (C=O) groups is 2. The number of halogens is 1. The first-order valence-electron chi connectivity index (χ1n) is 8.20. The molecule has 2 aromatic rings. The summed E-state index contributed by atoms with van der Waals surface area (Å²) in [5, 5.41) is 5.66. The molecular formula is C18H20ClN3O4S. The van der Waals surface area contributed by atoms with Gasteiger partial charge < -0.3 is 10.6 Å². The maximum absolute atomic E-state index is 12.4. The Hall–Kier alpha value is -2.58. The van der Waals surface area contributed by atoms with E-state index in [-0.39, 0.29) is 16.4 Å². The van der Waals surface area contributed by atoms with Crippen molar-refractivity contribution in [2.45, 2.75) is 24.8 Å². The van der Waals surface area contributed by atoms with Gasteiger partial charge in [-0.25, -0.2) is 8.42 Å². The predicted molar refractivity (Wildman–Crippen MR) is 104 cm³/mol. The van der Waals surface area contributed by atoms with Crippen molar-refractivity contribution in [3.05, 3.63) is 59.1 Å². The van der Waals surface area contributed by atoms with Crippen LogP contribution in [0.15, 0.2) is 53.4 Å². The van der Waals surface area contributed by atoms with E-state index in [2.05, 4.69) is 15.4 Å². The first kappa shape index (κ1) is 20.7. The van der Waals surface area contributed by atoms with Crippen LogP contribution in [0.1, 0.15) is 24.2 Å². The number of nitrogens with one attached hydrogen (secondary N) is 3. The van der Waals surface area contributed by atoms with Gasteiger partial charge in [0.15, 0.2) is 0 Å². The summed E-state index contributed by atoms with van der Waals surface area (Å²) in [6.07, 6.45) is 0. The van der Waals surface area contributed by atoms with Crippen LogP contribution in [0.5, 0.6) is 0 Å². The predicted octanol–water partition coefficient (Wildman–Crippen LogP) is 2.40. The zero-order valence-corrected chi connectivity index (χ0v) is 16.4. The van der Waals surface area contributed by atoms with Crippen LogP contribution in [0.25, 0.3) is 0 Å². The zero-order valence-electron chi connectivity index (χ0n) is 14.8. The highest BCUT2D eigenvalue weighted by molar-refractivity contribution is 7.92. The molecule has 9 heteroatoms. The van der Waals surface area contributed by atoms with Crippen LogP contribution in [-0.2, 0) is 14.8 Å². The topological polar surface area (TPSA) is 104 Å². The number of benzene rings is 2. The summed E-state index contributed by atoms with van der Waals surface area (Å²) in [5.41, 5.74) is 0.619. The zero-order chi connectivity index (χ0) is 20.0. The van der Waals surface area contributed by atoms with Crippen molar-refractivity contribution >= 4 is 39.1 Å². The number of anilines is 1. The van der Waals surface area contributed by atoms with Crippen LogP contribution in [0.2, 0.25) is 5.02 Å². The van der Waals surface area contributed by atoms with Crippen LogP contribution >= 0.6 is 11.6 Å². The van der Waals surface area contributed by atoms with Gasteiger partial charge in [-0.1, -0.05) is 11.6 Å². The van der Waals surface area contributed by atoms with Crippen molar-refractivity contribution in [3.8, 4) is 0 Å². The molecule has 0 aliphatic rings. The molecule has 0 saturated heterocycles. The van der Waals surface area contributed by atoms with E-state index in [0.29, 0.717) is 17.3 Å². The van der Waals surface area contributed by atoms with E-state index in [0.717, 1.165) is 0 Å². The molecule has 0 bridgehead atoms. The quantitative estimate of drug-likeness (QED) is 0.653. The van der Waals surface area contributed by atoms with Gasteiger partial charge in [0.2, 0.25) is 5.91 Å². The van der Waals surface area contributed by atoms with Gasteiger partial charge in [-0.3, -0.25) is 14.3 Å². The van der Waals surface area contributed by atoms with Gasteiger partial charge in [0.1, 0.15) is 6.04 Å². The second kappa shape index (κ2) is 8.88. The Bertz CT molecular complexity index is 913. The molecule has 0 heterocycles. The fourth-order valence-electron chi connectivity index (χ4n) is 2.19. The number of likely N-dealkylation sites (N-methyl/N-ethyl adjacent to an activating group) is 1. The fraction of sp³-hybridized carbons (Fsp3) is 0.222. The van der Waals surface area contributed by atoms with Gasteiger partial charge in [0.05, 0.1) is 4.90 Å². The maximum Gasteiger partial charge on any atom is 0.261 e. The normalized spacial score (nSPS) is 12.1. The van der Waals surface area contributed by atoms with E-state index in [4.69, 9.17) is 11.6 Å². The third-order valence-corrected chi connectivity index (χ3v) is 5.26. The molecule has 2 rings (SSSR count). The van der Waals surface area contributed by atoms with Crippen LogP contribution in [0, 0.1) is 0 Å². The lowest BCUT2D eigenvalue weighted by Gasteiger charge is -2.13. The van der Waals surface area contributed by atoms with Gasteiger partial charge in [-0.2, -0.15) is 0 Å². The Labute approximate surface area is 163 Å². The molecule has 7 nitrogen and oxygen atoms in total. The Kier molecular flexibility index (Phi) is 6.81. The lowest BCUT2D eigenvalue weighted by Crippen LogP contribution is -2.44. The summed E-state index contributed by atoms with van der Waals surface area (Å²) in [7, 11) is -3.80. The highest BCUT2D eigenvalue weighted by Gasteiger charge is 2.18. The molecule has 0 fully saturated rings. The van der Waals surface area contributed by atoms with E-state index < -0.39 is 22.0 Å². The molecule has 0 spiro atoms. The maximum atomic E-state index is 12.4. The number of carbonyl (C=O) groups excluding carboxylic acids is 2. The molecule has 0 aliphatic carbocycles. The Balaban J connectivity index is 2.08. The van der Waals surface area contributed by atoms with E-state index in [1.165, 1.54) is 24.3 Å². The van der Waals surface area contributed by atoms with Crippen molar-refractivity contribution in [1.29, 1.82) is 0 Å². The average Bonchev–Trinajstić information content (AvgIpc) is 2.63. The van der Waals surface area contributed by atoms with Crippen molar-refractivity contribution in [1.82, 2.24) is 10.6 Å². The van der Waals surface area contributed by atoms with Gasteiger partial charge >= 0.3 is 0 Å². The minimum Gasteiger partial charge on any atom is -0.355 e. The SMILES string of the molecule is CCNC(=O)[C@H](C)NC(=O)c1ccc(S(=O)(=O)Nc2ccc(Cl)cc2)cc1. The molecule has 2 aromatic carbocycles. The lowest BCUT2D eigenvalue weighted by atomic mass is 10.2. The highest BCUT2D eigenvalue weighted by Crippen LogP contribution is 2.18. The first-order valence-corrected chi connectivity index (χ1v) is 10.1. The number of amides is 2. The third kappa shape index (κ3) is 5.70. The van der Waals surface area contributed by atoms with Crippen molar-refractivity contribution < 1.29 is 18.0 Å². The molecule has 0 radical (unpaired) electrons. The van der Waals surface area contributed by atoms with Gasteiger partial charge in [-0.05, 0) is 62.4 Å². The van der Waals surface area contributed by atoms with Gasteiger partial charge in [0.25, 0.3) is 15.9 Å². The molecule has 2 amide bonds. The van der Waals surface area contributed by atoms with E-state index in [1.54, 1.807) is 38.1 Å². The van der Waals surface area contributed by atoms with Crippen molar-refractivity contribution in [3.63, 3.8) is 0 Å². The summed E-state index contributed by atoms with van der Waals surface area (Å²) in [5.74, 6) is -0.763. The molecule has 0 unspecified atom stereocenters. The summed E-state index contributed by atoms with van der Waals surface area (Å²) in [4.78, 5) is 23.9. The minimum absolute atomic E-state index is 0.00535. The fourth-order valence-corrected chi connectivity index (χ4v) is 3.37. The monoisotopic (exact) mass is 409 g/mol. The van der Waals surface area contributed by atoms with E-state index in [9.17, 15) is 18.0 Å². The summed E-state index contributed by atoms with van der Waals surface area (Å²) in [6, 6.07) is 11.0. The Morgan fingerprint density at radius 1 is 1.04 bits per heavy atom. The molecule has 0 aliphatic heterocycles. The number of hydrogen-bond acceptors (Lipinski definition) is 4. The van der Waals surface area contributed by atoms with Crippen molar-refractivity contribution in [2.24, 2.45) is 0 Å². The first-order chi connectivity index (χ1) is 12.7. The second-order valence-corrected chi connectivity index (χ2v) is 7.85. The number of rotatable bonds is 7. The van der Waals surface area contributed by atoms with Crippen LogP contribution in [0.3, 0.4) is 0 Å². The summed E-state index contributed by atoms with van der Waals surface area (Å²) >= 11 is 5.78. The minimum atomic E-state index is -3.80. The van der Waals surface area contributed by atoms with Crippen LogP contribution < -0.4 is 15.4 Å². The molecule has 3 N–H and O–H groups in total. The second-order valence-electron chi connectivity index (χ2n) is 5.73. The van der Waals surface area contributed by atoms with E-state index in [1.807, 2.05) is 0 Å². The van der Waals surface area contributed by atoms with Gasteiger partial charge in [-0.15, -0.1) is 0 Å². The number of hydrogen-bond donors (Lipinski definition) is 3. The van der Waals surface area contributed by atoms with Crippen LogP contribution in [-0.4, -0.2) is 32.8 Å². The van der Waals surface area contributed by atoms with Crippen molar-refractivity contribution in [2.75, 3.05) is 11.3 Å².